The smallest absolute Gasteiger partial charge is 0.326 e. The second kappa shape index (κ2) is 8.97. The second-order valence-corrected chi connectivity index (χ2v) is 5.47. The van der Waals surface area contributed by atoms with Gasteiger partial charge in [0.1, 0.15) is 11.9 Å². The molecule has 0 aliphatic carbocycles. The first kappa shape index (κ1) is 17.9. The maximum absolute atomic E-state index is 13.1. The van der Waals surface area contributed by atoms with Crippen molar-refractivity contribution in [1.29, 1.82) is 0 Å². The third-order valence-corrected chi connectivity index (χ3v) is 3.30. The molecule has 0 heterocycles. The fourth-order valence-corrected chi connectivity index (χ4v) is 2.25. The molecule has 2 N–H and O–H groups in total. The molecule has 2 atom stereocenters. The SMILES string of the molecule is C=CCCC(NC(=O)CC(C)Cc1cccc(F)c1)C(=O)O. The summed E-state index contributed by atoms with van der Waals surface area (Å²) in [5, 5.41) is 11.6. The minimum Gasteiger partial charge on any atom is -0.480 e. The van der Waals surface area contributed by atoms with Crippen molar-refractivity contribution in [3.8, 4) is 0 Å². The van der Waals surface area contributed by atoms with Gasteiger partial charge in [-0.3, -0.25) is 4.79 Å². The molecular formula is C17H22FNO3. The van der Waals surface area contributed by atoms with Gasteiger partial charge < -0.3 is 10.4 Å². The molecule has 0 aliphatic heterocycles. The zero-order valence-corrected chi connectivity index (χ0v) is 12.7. The summed E-state index contributed by atoms with van der Waals surface area (Å²) in [5.41, 5.74) is 0.821. The Morgan fingerprint density at radius 3 is 2.77 bits per heavy atom. The van der Waals surface area contributed by atoms with Crippen LogP contribution in [-0.4, -0.2) is 23.0 Å². The molecule has 4 nitrogen and oxygen atoms in total. The summed E-state index contributed by atoms with van der Waals surface area (Å²) >= 11 is 0. The van der Waals surface area contributed by atoms with Gasteiger partial charge in [-0.25, -0.2) is 9.18 Å². The van der Waals surface area contributed by atoms with Crippen LogP contribution in [0.4, 0.5) is 4.39 Å². The molecule has 0 bridgehead atoms. The van der Waals surface area contributed by atoms with Crippen molar-refractivity contribution in [2.24, 2.45) is 5.92 Å². The summed E-state index contributed by atoms with van der Waals surface area (Å²) in [5.74, 6) is -1.66. The molecule has 1 aromatic rings. The van der Waals surface area contributed by atoms with Gasteiger partial charge in [0.15, 0.2) is 0 Å². The summed E-state index contributed by atoms with van der Waals surface area (Å²) in [6.07, 6.45) is 3.23. The van der Waals surface area contributed by atoms with Gasteiger partial charge in [-0.1, -0.05) is 25.1 Å². The Labute approximate surface area is 130 Å². The molecule has 2 unspecified atom stereocenters. The molecular weight excluding hydrogens is 285 g/mol. The molecule has 0 aliphatic rings. The number of halogens is 1. The standard InChI is InChI=1S/C17H22FNO3/c1-3-4-8-15(17(21)22)19-16(20)10-12(2)9-13-6-5-7-14(18)11-13/h3,5-7,11-12,15H,1,4,8-10H2,2H3,(H,19,20)(H,21,22). The lowest BCUT2D eigenvalue weighted by Gasteiger charge is -2.16. The summed E-state index contributed by atoms with van der Waals surface area (Å²) in [6, 6.07) is 5.36. The topological polar surface area (TPSA) is 66.4 Å². The highest BCUT2D eigenvalue weighted by Crippen LogP contribution is 2.13. The Morgan fingerprint density at radius 2 is 2.18 bits per heavy atom. The fraction of sp³-hybridized carbons (Fsp3) is 0.412. The van der Waals surface area contributed by atoms with E-state index in [1.54, 1.807) is 12.1 Å². The Balaban J connectivity index is 2.48. The molecule has 1 rings (SSSR count). The van der Waals surface area contributed by atoms with Gasteiger partial charge in [-0.15, -0.1) is 6.58 Å². The lowest BCUT2D eigenvalue weighted by Crippen LogP contribution is -2.41. The van der Waals surface area contributed by atoms with Crippen LogP contribution in [0.3, 0.4) is 0 Å². The first-order valence-electron chi connectivity index (χ1n) is 7.30. The van der Waals surface area contributed by atoms with Crippen LogP contribution in [0, 0.1) is 11.7 Å². The number of hydrogen-bond acceptors (Lipinski definition) is 2. The summed E-state index contributed by atoms with van der Waals surface area (Å²) in [4.78, 5) is 23.0. The van der Waals surface area contributed by atoms with Gasteiger partial charge in [0, 0.05) is 6.42 Å². The van der Waals surface area contributed by atoms with E-state index in [9.17, 15) is 14.0 Å². The van der Waals surface area contributed by atoms with E-state index in [1.807, 2.05) is 13.0 Å². The van der Waals surface area contributed by atoms with Crippen LogP contribution in [0.1, 0.15) is 31.7 Å². The molecule has 0 aromatic heterocycles. The van der Waals surface area contributed by atoms with E-state index in [0.29, 0.717) is 19.3 Å². The largest absolute Gasteiger partial charge is 0.480 e. The van der Waals surface area contributed by atoms with Crippen LogP contribution < -0.4 is 5.32 Å². The Bertz CT molecular complexity index is 530. The fourth-order valence-electron chi connectivity index (χ4n) is 2.25. The van der Waals surface area contributed by atoms with E-state index in [0.717, 1.165) is 5.56 Å². The van der Waals surface area contributed by atoms with Crippen molar-refractivity contribution < 1.29 is 19.1 Å². The number of carbonyl (C=O) groups excluding carboxylic acids is 1. The van der Waals surface area contributed by atoms with Gasteiger partial charge >= 0.3 is 5.97 Å². The molecule has 5 heteroatoms. The van der Waals surface area contributed by atoms with E-state index < -0.39 is 12.0 Å². The lowest BCUT2D eigenvalue weighted by molar-refractivity contribution is -0.142. The molecule has 0 radical (unpaired) electrons. The van der Waals surface area contributed by atoms with Crippen LogP contribution >= 0.6 is 0 Å². The highest BCUT2D eigenvalue weighted by atomic mass is 19.1. The predicted octanol–water partition coefficient (Wildman–Crippen LogP) is 2.93. The molecule has 1 amide bonds. The molecule has 1 aromatic carbocycles. The number of carboxylic acid groups (broad SMARTS) is 1. The van der Waals surface area contributed by atoms with E-state index >= 15 is 0 Å². The molecule has 0 saturated heterocycles. The van der Waals surface area contributed by atoms with Crippen molar-refractivity contribution in [3.63, 3.8) is 0 Å². The Kier molecular flexibility index (Phi) is 7.29. The average molecular weight is 307 g/mol. The number of benzene rings is 1. The summed E-state index contributed by atoms with van der Waals surface area (Å²) in [7, 11) is 0. The molecule has 0 spiro atoms. The lowest BCUT2D eigenvalue weighted by atomic mass is 9.97. The van der Waals surface area contributed by atoms with Gasteiger partial charge in [0.25, 0.3) is 0 Å². The maximum atomic E-state index is 13.1. The van der Waals surface area contributed by atoms with Crippen molar-refractivity contribution in [1.82, 2.24) is 5.32 Å². The monoisotopic (exact) mass is 307 g/mol. The van der Waals surface area contributed by atoms with Crippen molar-refractivity contribution in [2.45, 2.75) is 38.6 Å². The number of allylic oxidation sites excluding steroid dienone is 1. The number of nitrogens with one attached hydrogen (secondary N) is 1. The second-order valence-electron chi connectivity index (χ2n) is 5.47. The first-order valence-corrected chi connectivity index (χ1v) is 7.30. The van der Waals surface area contributed by atoms with E-state index in [2.05, 4.69) is 11.9 Å². The predicted molar refractivity (Wildman–Crippen MR) is 82.9 cm³/mol. The zero-order chi connectivity index (χ0) is 16.5. The van der Waals surface area contributed by atoms with E-state index in [1.165, 1.54) is 12.1 Å². The highest BCUT2D eigenvalue weighted by molar-refractivity contribution is 5.83. The molecule has 120 valence electrons. The van der Waals surface area contributed by atoms with Crippen LogP contribution in [0.2, 0.25) is 0 Å². The molecule has 0 saturated carbocycles. The average Bonchev–Trinajstić information content (AvgIpc) is 2.42. The van der Waals surface area contributed by atoms with Gasteiger partial charge in [0.2, 0.25) is 5.91 Å². The third-order valence-electron chi connectivity index (χ3n) is 3.30. The number of amides is 1. The van der Waals surface area contributed by atoms with Crippen LogP contribution in [0.5, 0.6) is 0 Å². The van der Waals surface area contributed by atoms with E-state index in [-0.39, 0.29) is 24.1 Å². The number of hydrogen-bond donors (Lipinski definition) is 2. The van der Waals surface area contributed by atoms with Gasteiger partial charge in [-0.05, 0) is 42.9 Å². The van der Waals surface area contributed by atoms with Crippen LogP contribution in [-0.2, 0) is 16.0 Å². The number of rotatable bonds is 9. The highest BCUT2D eigenvalue weighted by Gasteiger charge is 2.20. The maximum Gasteiger partial charge on any atom is 0.326 e. The minimum absolute atomic E-state index is 0.00403. The minimum atomic E-state index is -1.05. The van der Waals surface area contributed by atoms with Gasteiger partial charge in [0.05, 0.1) is 0 Å². The third kappa shape index (κ3) is 6.52. The van der Waals surface area contributed by atoms with Crippen molar-refractivity contribution >= 4 is 11.9 Å². The number of carboxylic acids is 1. The quantitative estimate of drug-likeness (QED) is 0.689. The normalized spacial score (nSPS) is 13.2. The van der Waals surface area contributed by atoms with Gasteiger partial charge in [-0.2, -0.15) is 0 Å². The van der Waals surface area contributed by atoms with Crippen molar-refractivity contribution in [2.75, 3.05) is 0 Å². The van der Waals surface area contributed by atoms with Crippen LogP contribution in [0.25, 0.3) is 0 Å². The Morgan fingerprint density at radius 1 is 1.45 bits per heavy atom. The van der Waals surface area contributed by atoms with E-state index in [4.69, 9.17) is 5.11 Å². The number of carbonyl (C=O) groups is 2. The summed E-state index contributed by atoms with van der Waals surface area (Å²) in [6.45, 7) is 5.42. The summed E-state index contributed by atoms with van der Waals surface area (Å²) < 4.78 is 13.1. The molecule has 22 heavy (non-hydrogen) atoms. The Hall–Kier alpha value is -2.17. The zero-order valence-electron chi connectivity index (χ0n) is 12.7. The molecule has 0 fully saturated rings. The van der Waals surface area contributed by atoms with Crippen LogP contribution in [0.15, 0.2) is 36.9 Å². The van der Waals surface area contributed by atoms with Crippen molar-refractivity contribution in [3.05, 3.63) is 48.3 Å². The first-order chi connectivity index (χ1) is 10.4. The number of aliphatic carboxylic acids is 1.